The molecule has 5 nitrogen and oxygen atoms in total. The number of anilines is 1. The lowest BCUT2D eigenvalue weighted by molar-refractivity contribution is -0.119. The van der Waals surface area contributed by atoms with E-state index in [0.717, 1.165) is 0 Å². The molecule has 4 rings (SSSR count). The summed E-state index contributed by atoms with van der Waals surface area (Å²) in [6.07, 6.45) is 0. The summed E-state index contributed by atoms with van der Waals surface area (Å²) in [6, 6.07) is 7.25. The van der Waals surface area contributed by atoms with Crippen LogP contribution in [0.4, 0.5) is 14.5 Å². The summed E-state index contributed by atoms with van der Waals surface area (Å²) in [5.41, 5.74) is 1.43. The molecule has 2 aliphatic rings. The third-order valence-electron chi connectivity index (χ3n) is 4.97. The Bertz CT molecular complexity index is 956. The highest BCUT2D eigenvalue weighted by atomic mass is 35.5. The quantitative estimate of drug-likeness (QED) is 0.793. The molecule has 1 fully saturated rings. The van der Waals surface area contributed by atoms with Crippen molar-refractivity contribution >= 4 is 28.8 Å². The van der Waals surface area contributed by atoms with Gasteiger partial charge in [-0.3, -0.25) is 4.79 Å². The van der Waals surface area contributed by atoms with Crippen molar-refractivity contribution in [3.63, 3.8) is 0 Å². The number of nitrogens with one attached hydrogen (secondary N) is 1. The normalized spacial score (nSPS) is 16.2. The van der Waals surface area contributed by atoms with Gasteiger partial charge in [-0.1, -0.05) is 24.2 Å². The molecule has 0 spiro atoms. The lowest BCUT2D eigenvalue weighted by Crippen LogP contribution is -2.47. The van der Waals surface area contributed by atoms with Crippen molar-refractivity contribution in [2.75, 3.05) is 38.2 Å². The van der Waals surface area contributed by atoms with Crippen LogP contribution >= 0.6 is 11.6 Å². The molecule has 0 aliphatic carbocycles. The minimum atomic E-state index is -0.502. The van der Waals surface area contributed by atoms with E-state index in [1.165, 1.54) is 18.2 Å². The number of halogens is 3. The Kier molecular flexibility index (Phi) is 5.32. The largest absolute Gasteiger partial charge is 0.489 e. The lowest BCUT2D eigenvalue weighted by atomic mass is 9.98. The number of hydrogen-bond donors (Lipinski definition) is 1. The van der Waals surface area contributed by atoms with Gasteiger partial charge >= 0.3 is 0 Å². The predicted molar refractivity (Wildman–Crippen MR) is 106 cm³/mol. The maximum Gasteiger partial charge on any atom is 0.189 e. The Morgan fingerprint density at radius 2 is 2.10 bits per heavy atom. The smallest absolute Gasteiger partial charge is 0.189 e. The van der Waals surface area contributed by atoms with Crippen LogP contribution in [-0.4, -0.2) is 43.5 Å². The molecule has 0 saturated carbocycles. The van der Waals surface area contributed by atoms with E-state index in [0.29, 0.717) is 42.4 Å². The summed E-state index contributed by atoms with van der Waals surface area (Å²) in [6.45, 7) is 5.55. The summed E-state index contributed by atoms with van der Waals surface area (Å²) >= 11 is 5.96. The summed E-state index contributed by atoms with van der Waals surface area (Å²) in [5, 5.41) is 3.19. The topological polar surface area (TPSA) is 50.8 Å². The third kappa shape index (κ3) is 4.00. The predicted octanol–water partition coefficient (Wildman–Crippen LogP) is 3.97. The Balaban J connectivity index is 1.38. The standard InChI is InChI=1S/C21H19ClF2N2O3/c1-12(15-5-19-20(6-18(15)24)28-11-14(27)7-25-19)26-8-13(9-26)10-29-21-16(22)3-2-4-17(21)23/h2-6,13,25H,1,7-11H2. The molecule has 2 aromatic carbocycles. The number of benzene rings is 2. The zero-order valence-electron chi connectivity index (χ0n) is 15.5. The monoisotopic (exact) mass is 420 g/mol. The zero-order valence-corrected chi connectivity index (χ0v) is 16.3. The first-order valence-electron chi connectivity index (χ1n) is 9.15. The molecule has 1 N–H and O–H groups in total. The van der Waals surface area contributed by atoms with Gasteiger partial charge in [0.25, 0.3) is 0 Å². The maximum absolute atomic E-state index is 14.6. The van der Waals surface area contributed by atoms with Crippen molar-refractivity contribution in [2.24, 2.45) is 5.92 Å². The highest BCUT2D eigenvalue weighted by Crippen LogP contribution is 2.35. The third-order valence-corrected chi connectivity index (χ3v) is 5.26. The molecule has 2 heterocycles. The maximum atomic E-state index is 14.6. The fourth-order valence-electron chi connectivity index (χ4n) is 3.32. The van der Waals surface area contributed by atoms with Gasteiger partial charge in [-0.25, -0.2) is 8.78 Å². The van der Waals surface area contributed by atoms with Gasteiger partial charge < -0.3 is 19.7 Å². The van der Waals surface area contributed by atoms with Crippen LogP contribution in [0.3, 0.4) is 0 Å². The summed E-state index contributed by atoms with van der Waals surface area (Å²) in [5.74, 6) is -0.584. The van der Waals surface area contributed by atoms with Crippen LogP contribution in [0.2, 0.25) is 5.02 Å². The van der Waals surface area contributed by atoms with Gasteiger partial charge in [-0.15, -0.1) is 0 Å². The van der Waals surface area contributed by atoms with Crippen LogP contribution in [0.1, 0.15) is 5.56 Å². The second-order valence-corrected chi connectivity index (χ2v) is 7.50. The van der Waals surface area contributed by atoms with Crippen LogP contribution in [-0.2, 0) is 4.79 Å². The van der Waals surface area contributed by atoms with Crippen molar-refractivity contribution in [1.82, 2.24) is 4.90 Å². The number of ketones is 1. The van der Waals surface area contributed by atoms with Gasteiger partial charge in [0, 0.05) is 36.3 Å². The molecule has 0 aromatic heterocycles. The van der Waals surface area contributed by atoms with E-state index in [-0.39, 0.29) is 35.6 Å². The van der Waals surface area contributed by atoms with Crippen molar-refractivity contribution in [2.45, 2.75) is 0 Å². The van der Waals surface area contributed by atoms with E-state index >= 15 is 0 Å². The second-order valence-electron chi connectivity index (χ2n) is 7.09. The molecular formula is C21H19ClF2N2O3. The minimum Gasteiger partial charge on any atom is -0.489 e. The molecule has 29 heavy (non-hydrogen) atoms. The number of Topliss-reactive ketones (excluding diaryl/α,β-unsaturated/α-hetero) is 1. The fourth-order valence-corrected chi connectivity index (χ4v) is 3.54. The number of ether oxygens (including phenoxy) is 2. The van der Waals surface area contributed by atoms with E-state index < -0.39 is 11.6 Å². The number of carbonyl (C=O) groups excluding carboxylic acids is 1. The molecule has 152 valence electrons. The van der Waals surface area contributed by atoms with E-state index in [1.54, 1.807) is 12.1 Å². The van der Waals surface area contributed by atoms with Crippen molar-refractivity contribution in [3.05, 3.63) is 59.1 Å². The van der Waals surface area contributed by atoms with Gasteiger partial charge in [0.15, 0.2) is 17.3 Å². The van der Waals surface area contributed by atoms with Crippen molar-refractivity contribution in [3.8, 4) is 11.5 Å². The zero-order chi connectivity index (χ0) is 20.5. The molecule has 2 aromatic rings. The minimum absolute atomic E-state index is 0.0452. The van der Waals surface area contributed by atoms with E-state index in [1.807, 2.05) is 4.90 Å². The molecule has 0 bridgehead atoms. The van der Waals surface area contributed by atoms with E-state index in [4.69, 9.17) is 21.1 Å². The average Bonchev–Trinajstić information content (AvgIpc) is 2.83. The van der Waals surface area contributed by atoms with Gasteiger partial charge in [0.05, 0.1) is 23.9 Å². The Hall–Kier alpha value is -2.80. The van der Waals surface area contributed by atoms with Gasteiger partial charge in [0.1, 0.15) is 18.2 Å². The number of carbonyl (C=O) groups is 1. The Morgan fingerprint density at radius 1 is 1.31 bits per heavy atom. The first-order chi connectivity index (χ1) is 13.9. The SMILES string of the molecule is C=C(c1cc2c(cc1F)OCC(=O)CN2)N1CC(COc2c(F)cccc2Cl)C1. The molecule has 0 unspecified atom stereocenters. The number of nitrogens with zero attached hydrogens (tertiary/aromatic N) is 1. The highest BCUT2D eigenvalue weighted by molar-refractivity contribution is 6.32. The lowest BCUT2D eigenvalue weighted by Gasteiger charge is -2.42. The van der Waals surface area contributed by atoms with Crippen LogP contribution in [0.5, 0.6) is 11.5 Å². The molecule has 1 saturated heterocycles. The molecule has 8 heteroatoms. The number of para-hydroxylation sites is 1. The Labute approximate surface area is 171 Å². The van der Waals surface area contributed by atoms with Crippen LogP contribution in [0.25, 0.3) is 5.70 Å². The first kappa shape index (κ1) is 19.5. The van der Waals surface area contributed by atoms with Crippen LogP contribution < -0.4 is 14.8 Å². The average molecular weight is 421 g/mol. The molecule has 0 atom stereocenters. The number of fused-ring (bicyclic) bond motifs is 1. The van der Waals surface area contributed by atoms with Crippen molar-refractivity contribution < 1.29 is 23.0 Å². The number of rotatable bonds is 5. The molecule has 0 amide bonds. The summed E-state index contributed by atoms with van der Waals surface area (Å²) in [7, 11) is 0. The van der Waals surface area contributed by atoms with E-state index in [9.17, 15) is 13.6 Å². The van der Waals surface area contributed by atoms with Crippen LogP contribution in [0, 0.1) is 17.6 Å². The number of hydrogen-bond acceptors (Lipinski definition) is 5. The summed E-state index contributed by atoms with van der Waals surface area (Å²) in [4.78, 5) is 13.4. The highest BCUT2D eigenvalue weighted by Gasteiger charge is 2.30. The van der Waals surface area contributed by atoms with Gasteiger partial charge in [0.2, 0.25) is 0 Å². The second kappa shape index (κ2) is 7.91. The summed E-state index contributed by atoms with van der Waals surface area (Å²) < 4.78 is 39.2. The van der Waals surface area contributed by atoms with Crippen LogP contribution in [0.15, 0.2) is 36.9 Å². The first-order valence-corrected chi connectivity index (χ1v) is 9.53. The number of likely N-dealkylation sites (tertiary alicyclic amines) is 1. The molecular weight excluding hydrogens is 402 g/mol. The fraction of sp³-hybridized carbons (Fsp3) is 0.286. The molecule has 2 aliphatic heterocycles. The van der Waals surface area contributed by atoms with Gasteiger partial charge in [-0.05, 0) is 18.2 Å². The van der Waals surface area contributed by atoms with Crippen molar-refractivity contribution in [1.29, 1.82) is 0 Å². The van der Waals surface area contributed by atoms with Gasteiger partial charge in [-0.2, -0.15) is 0 Å². The molecule has 0 radical (unpaired) electrons. The Morgan fingerprint density at radius 3 is 2.86 bits per heavy atom. The van der Waals surface area contributed by atoms with E-state index in [2.05, 4.69) is 11.9 Å².